The molecular formula is C12H20N2O2. The van der Waals surface area contributed by atoms with E-state index in [1.165, 1.54) is 19.3 Å². The van der Waals surface area contributed by atoms with Crippen molar-refractivity contribution in [2.45, 2.75) is 45.6 Å². The lowest BCUT2D eigenvalue weighted by Gasteiger charge is -2.41. The van der Waals surface area contributed by atoms with E-state index >= 15 is 0 Å². The quantitative estimate of drug-likeness (QED) is 0.737. The van der Waals surface area contributed by atoms with Crippen molar-refractivity contribution in [2.24, 2.45) is 11.8 Å². The Morgan fingerprint density at radius 1 is 1.19 bits per heavy atom. The summed E-state index contributed by atoms with van der Waals surface area (Å²) in [6.45, 7) is 4.67. The van der Waals surface area contributed by atoms with Crippen LogP contribution < -0.4 is 5.32 Å². The van der Waals surface area contributed by atoms with Crippen LogP contribution in [0.3, 0.4) is 0 Å². The van der Waals surface area contributed by atoms with Gasteiger partial charge in [0, 0.05) is 12.6 Å². The first-order valence-corrected chi connectivity index (χ1v) is 6.21. The molecule has 2 fully saturated rings. The van der Waals surface area contributed by atoms with Crippen molar-refractivity contribution >= 4 is 11.9 Å². The molecule has 3 amide bonds. The number of hydrogen-bond acceptors (Lipinski definition) is 2. The van der Waals surface area contributed by atoms with E-state index in [4.69, 9.17) is 0 Å². The van der Waals surface area contributed by atoms with Crippen molar-refractivity contribution in [3.63, 3.8) is 0 Å². The summed E-state index contributed by atoms with van der Waals surface area (Å²) < 4.78 is 0. The van der Waals surface area contributed by atoms with Gasteiger partial charge in [-0.3, -0.25) is 10.1 Å². The molecule has 1 aliphatic carbocycles. The highest BCUT2D eigenvalue weighted by Crippen LogP contribution is 2.29. The second-order valence-electron chi connectivity index (χ2n) is 5.18. The Kier molecular flexibility index (Phi) is 3.17. The van der Waals surface area contributed by atoms with Crippen LogP contribution in [0.5, 0.6) is 0 Å². The second kappa shape index (κ2) is 4.44. The summed E-state index contributed by atoms with van der Waals surface area (Å²) >= 11 is 0. The molecule has 3 atom stereocenters. The van der Waals surface area contributed by atoms with Gasteiger partial charge in [-0.05, 0) is 18.8 Å². The predicted octanol–water partition coefficient (Wildman–Crippen LogP) is 1.75. The Hall–Kier alpha value is -1.06. The molecule has 0 aromatic heterocycles. The molecule has 1 aliphatic heterocycles. The van der Waals surface area contributed by atoms with E-state index in [0.29, 0.717) is 18.5 Å². The second-order valence-corrected chi connectivity index (χ2v) is 5.18. The lowest BCUT2D eigenvalue weighted by molar-refractivity contribution is -0.126. The summed E-state index contributed by atoms with van der Waals surface area (Å²) in [4.78, 5) is 25.0. The van der Waals surface area contributed by atoms with E-state index in [2.05, 4.69) is 12.2 Å². The molecule has 4 nitrogen and oxygen atoms in total. The average molecular weight is 224 g/mol. The van der Waals surface area contributed by atoms with Gasteiger partial charge in [0.05, 0.1) is 5.92 Å². The van der Waals surface area contributed by atoms with Gasteiger partial charge in [-0.15, -0.1) is 0 Å². The van der Waals surface area contributed by atoms with Crippen molar-refractivity contribution in [3.05, 3.63) is 0 Å². The summed E-state index contributed by atoms with van der Waals surface area (Å²) in [5.74, 6) is 0.344. The van der Waals surface area contributed by atoms with E-state index in [9.17, 15) is 9.59 Å². The molecule has 0 spiro atoms. The summed E-state index contributed by atoms with van der Waals surface area (Å²) in [5, 5.41) is 2.45. The molecule has 16 heavy (non-hydrogen) atoms. The minimum atomic E-state index is -0.193. The minimum absolute atomic E-state index is 0.0770. The van der Waals surface area contributed by atoms with Crippen molar-refractivity contribution < 1.29 is 9.59 Å². The van der Waals surface area contributed by atoms with Gasteiger partial charge in [0.15, 0.2) is 0 Å². The number of carbonyl (C=O) groups excluding carboxylic acids is 2. The Morgan fingerprint density at radius 2 is 1.88 bits per heavy atom. The molecule has 4 heteroatoms. The zero-order valence-electron chi connectivity index (χ0n) is 10.0. The van der Waals surface area contributed by atoms with Gasteiger partial charge in [-0.25, -0.2) is 4.79 Å². The van der Waals surface area contributed by atoms with Crippen LogP contribution >= 0.6 is 0 Å². The number of nitrogens with zero attached hydrogens (tertiary/aromatic N) is 1. The highest BCUT2D eigenvalue weighted by molar-refractivity contribution is 5.97. The highest BCUT2D eigenvalue weighted by atomic mass is 16.2. The number of imide groups is 1. The Labute approximate surface area is 96.4 Å². The van der Waals surface area contributed by atoms with Crippen LogP contribution in [-0.2, 0) is 4.79 Å². The molecule has 0 aromatic rings. The lowest BCUT2D eigenvalue weighted by Crippen LogP contribution is -2.58. The first-order valence-electron chi connectivity index (χ1n) is 6.21. The topological polar surface area (TPSA) is 49.4 Å². The smallest absolute Gasteiger partial charge is 0.320 e. The van der Waals surface area contributed by atoms with Crippen molar-refractivity contribution in [2.75, 3.05) is 6.54 Å². The zero-order valence-corrected chi connectivity index (χ0v) is 10.0. The van der Waals surface area contributed by atoms with Crippen molar-refractivity contribution in [1.29, 1.82) is 0 Å². The normalized spacial score (nSPS) is 36.1. The first kappa shape index (κ1) is 11.4. The first-order chi connectivity index (χ1) is 7.59. The molecule has 1 heterocycles. The summed E-state index contributed by atoms with van der Waals surface area (Å²) in [6, 6.07) is 0.131. The van der Waals surface area contributed by atoms with Crippen LogP contribution in [0.2, 0.25) is 0 Å². The molecule has 0 radical (unpaired) electrons. The van der Waals surface area contributed by atoms with Gasteiger partial charge < -0.3 is 4.90 Å². The van der Waals surface area contributed by atoms with Crippen LogP contribution in [-0.4, -0.2) is 29.4 Å². The number of amides is 3. The average Bonchev–Trinajstić information content (AvgIpc) is 2.25. The third kappa shape index (κ3) is 2.06. The largest absolute Gasteiger partial charge is 0.324 e. The number of nitrogens with one attached hydrogen (secondary N) is 1. The fourth-order valence-electron chi connectivity index (χ4n) is 2.81. The van der Waals surface area contributed by atoms with Gasteiger partial charge in [-0.1, -0.05) is 26.7 Å². The van der Waals surface area contributed by atoms with E-state index < -0.39 is 0 Å². The van der Waals surface area contributed by atoms with Crippen LogP contribution in [0.4, 0.5) is 4.79 Å². The third-order valence-corrected chi connectivity index (χ3v) is 3.88. The van der Waals surface area contributed by atoms with Gasteiger partial charge >= 0.3 is 6.03 Å². The van der Waals surface area contributed by atoms with Crippen molar-refractivity contribution in [3.8, 4) is 0 Å². The van der Waals surface area contributed by atoms with Crippen LogP contribution in [0.25, 0.3) is 0 Å². The number of carbonyl (C=O) groups is 2. The lowest BCUT2D eigenvalue weighted by atomic mass is 9.84. The summed E-state index contributed by atoms with van der Waals surface area (Å²) in [7, 11) is 0. The fourth-order valence-corrected chi connectivity index (χ4v) is 2.81. The van der Waals surface area contributed by atoms with Gasteiger partial charge in [0.1, 0.15) is 0 Å². The SMILES string of the molecule is CC1CN(C2CCCCC2C)C(=O)NC1=O. The van der Waals surface area contributed by atoms with Crippen LogP contribution in [0.1, 0.15) is 39.5 Å². The number of hydrogen-bond donors (Lipinski definition) is 1. The van der Waals surface area contributed by atoms with E-state index in [1.54, 1.807) is 0 Å². The molecule has 0 aromatic carbocycles. The molecule has 1 saturated carbocycles. The molecule has 90 valence electrons. The predicted molar refractivity (Wildman–Crippen MR) is 60.8 cm³/mol. The molecule has 1 saturated heterocycles. The Morgan fingerprint density at radius 3 is 2.56 bits per heavy atom. The number of rotatable bonds is 1. The Balaban J connectivity index is 2.07. The molecule has 3 unspecified atom stereocenters. The monoisotopic (exact) mass is 224 g/mol. The molecule has 1 N–H and O–H groups in total. The van der Waals surface area contributed by atoms with E-state index in [1.807, 2.05) is 11.8 Å². The van der Waals surface area contributed by atoms with Gasteiger partial charge in [0.2, 0.25) is 5.91 Å². The van der Waals surface area contributed by atoms with E-state index in [0.717, 1.165) is 6.42 Å². The number of urea groups is 1. The highest BCUT2D eigenvalue weighted by Gasteiger charge is 2.36. The maximum atomic E-state index is 11.8. The maximum absolute atomic E-state index is 11.8. The minimum Gasteiger partial charge on any atom is -0.320 e. The van der Waals surface area contributed by atoms with Crippen LogP contribution in [0.15, 0.2) is 0 Å². The standard InChI is InChI=1S/C12H20N2O2/c1-8-5-3-4-6-10(8)14-7-9(2)11(15)13-12(14)16/h8-10H,3-7H2,1-2H3,(H,13,15,16). The van der Waals surface area contributed by atoms with Crippen LogP contribution in [0, 0.1) is 11.8 Å². The Bertz CT molecular complexity index is 303. The summed E-state index contributed by atoms with van der Waals surface area (Å²) in [6.07, 6.45) is 4.73. The zero-order chi connectivity index (χ0) is 11.7. The molecule has 0 bridgehead atoms. The fraction of sp³-hybridized carbons (Fsp3) is 0.833. The molecular weight excluding hydrogens is 204 g/mol. The van der Waals surface area contributed by atoms with Crippen molar-refractivity contribution in [1.82, 2.24) is 10.2 Å². The van der Waals surface area contributed by atoms with Gasteiger partial charge in [0.25, 0.3) is 0 Å². The maximum Gasteiger partial charge on any atom is 0.324 e. The van der Waals surface area contributed by atoms with Gasteiger partial charge in [-0.2, -0.15) is 0 Å². The molecule has 2 aliphatic rings. The van der Waals surface area contributed by atoms with E-state index in [-0.39, 0.29) is 17.9 Å². The third-order valence-electron chi connectivity index (χ3n) is 3.88. The summed E-state index contributed by atoms with van der Waals surface area (Å²) in [5.41, 5.74) is 0. The molecule has 2 rings (SSSR count).